The van der Waals surface area contributed by atoms with Crippen LogP contribution in [-0.4, -0.2) is 33.3 Å². The van der Waals surface area contributed by atoms with Gasteiger partial charge in [0.1, 0.15) is 11.5 Å². The summed E-state index contributed by atoms with van der Waals surface area (Å²) in [5, 5.41) is 7.36. The fourth-order valence-corrected chi connectivity index (χ4v) is 3.84. The summed E-state index contributed by atoms with van der Waals surface area (Å²) in [5.74, 6) is 0.122. The minimum absolute atomic E-state index is 0.109. The molecule has 5 rings (SSSR count). The van der Waals surface area contributed by atoms with Crippen molar-refractivity contribution in [1.29, 1.82) is 0 Å². The zero-order chi connectivity index (χ0) is 20.8. The number of hydrogen-bond acceptors (Lipinski definition) is 6. The number of nitrogens with one attached hydrogen (secondary N) is 3. The average Bonchev–Trinajstić information content (AvgIpc) is 3.11. The first-order chi connectivity index (χ1) is 14.5. The van der Waals surface area contributed by atoms with Crippen LogP contribution >= 0.6 is 0 Å². The highest BCUT2D eigenvalue weighted by Crippen LogP contribution is 2.26. The minimum atomic E-state index is -0.200. The van der Waals surface area contributed by atoms with Gasteiger partial charge in [0.2, 0.25) is 5.95 Å². The van der Waals surface area contributed by atoms with Gasteiger partial charge in [-0.2, -0.15) is 4.98 Å². The van der Waals surface area contributed by atoms with Gasteiger partial charge in [0.05, 0.1) is 5.52 Å². The number of nitrogen functional groups attached to an aromatic ring is 2. The van der Waals surface area contributed by atoms with Crippen molar-refractivity contribution in [1.82, 2.24) is 25.6 Å². The molecule has 30 heavy (non-hydrogen) atoms. The van der Waals surface area contributed by atoms with Crippen LogP contribution in [0.3, 0.4) is 0 Å². The number of fused-ring (bicyclic) bond motifs is 4. The topological polar surface area (TPSA) is 152 Å². The van der Waals surface area contributed by atoms with Crippen LogP contribution in [-0.2, 0) is 13.0 Å². The Morgan fingerprint density at radius 1 is 1.10 bits per heavy atom. The number of benzene rings is 2. The zero-order valence-corrected chi connectivity index (χ0v) is 16.0. The van der Waals surface area contributed by atoms with Crippen LogP contribution < -0.4 is 22.1 Å². The number of carbonyl (C=O) groups excluding carboxylic acids is 2. The van der Waals surface area contributed by atoms with Gasteiger partial charge in [-0.3, -0.25) is 9.59 Å². The van der Waals surface area contributed by atoms with E-state index in [-0.39, 0.29) is 17.8 Å². The number of aromatic amines is 1. The van der Waals surface area contributed by atoms with Gasteiger partial charge in [-0.1, -0.05) is 6.07 Å². The van der Waals surface area contributed by atoms with Gasteiger partial charge in [-0.25, -0.2) is 4.98 Å². The van der Waals surface area contributed by atoms with Crippen LogP contribution in [0.2, 0.25) is 0 Å². The van der Waals surface area contributed by atoms with E-state index in [1.165, 1.54) is 0 Å². The molecule has 3 heterocycles. The van der Waals surface area contributed by atoms with E-state index in [9.17, 15) is 9.59 Å². The third kappa shape index (κ3) is 2.96. The Balaban J connectivity index is 1.38. The molecule has 150 valence electrons. The molecule has 0 fully saturated rings. The molecule has 0 bridgehead atoms. The predicted octanol–water partition coefficient (Wildman–Crippen LogP) is 1.49. The van der Waals surface area contributed by atoms with E-state index in [0.29, 0.717) is 41.1 Å². The van der Waals surface area contributed by atoms with Gasteiger partial charge in [0.25, 0.3) is 11.8 Å². The maximum atomic E-state index is 12.7. The minimum Gasteiger partial charge on any atom is -0.383 e. The molecule has 2 aromatic heterocycles. The molecule has 0 radical (unpaired) electrons. The molecule has 0 atom stereocenters. The van der Waals surface area contributed by atoms with Crippen molar-refractivity contribution in [3.8, 4) is 0 Å². The summed E-state index contributed by atoms with van der Waals surface area (Å²) in [7, 11) is 0. The number of H-pyrrole nitrogens is 1. The fourth-order valence-electron chi connectivity index (χ4n) is 3.84. The third-order valence-electron chi connectivity index (χ3n) is 5.32. The predicted molar refractivity (Wildman–Crippen MR) is 114 cm³/mol. The standard InChI is InChI=1S/C21H19N7O2/c22-18-13-3-1-10(7-16(13)27-21(23)28-18)9-25-19(29)11-2-4-15-14(8-11)12-5-6-24-20(30)17(12)26-15/h1-4,7-8,26H,5-6,9H2,(H,24,30)(H,25,29)(H4,22,23,27,28). The molecule has 2 aromatic carbocycles. The van der Waals surface area contributed by atoms with Crippen molar-refractivity contribution in [2.24, 2.45) is 0 Å². The fraction of sp³-hybridized carbons (Fsp3) is 0.143. The quantitative estimate of drug-likeness (QED) is 0.351. The normalized spacial score (nSPS) is 13.3. The molecule has 2 amide bonds. The van der Waals surface area contributed by atoms with Crippen LogP contribution in [0.25, 0.3) is 21.8 Å². The number of rotatable bonds is 3. The average molecular weight is 401 g/mol. The monoisotopic (exact) mass is 401 g/mol. The van der Waals surface area contributed by atoms with Crippen LogP contribution in [0.5, 0.6) is 0 Å². The van der Waals surface area contributed by atoms with Crippen LogP contribution in [0.1, 0.15) is 32.0 Å². The number of carbonyl (C=O) groups is 2. The van der Waals surface area contributed by atoms with Gasteiger partial charge in [0.15, 0.2) is 0 Å². The molecule has 4 aromatic rings. The summed E-state index contributed by atoms with van der Waals surface area (Å²) in [6.45, 7) is 0.917. The number of anilines is 2. The molecule has 1 aliphatic rings. The van der Waals surface area contributed by atoms with E-state index in [2.05, 4.69) is 25.6 Å². The Bertz CT molecular complexity index is 1340. The van der Waals surface area contributed by atoms with E-state index in [4.69, 9.17) is 11.5 Å². The molecule has 0 aliphatic carbocycles. The molecule has 1 aliphatic heterocycles. The van der Waals surface area contributed by atoms with Gasteiger partial charge >= 0.3 is 0 Å². The first kappa shape index (κ1) is 17.9. The lowest BCUT2D eigenvalue weighted by atomic mass is 10.0. The van der Waals surface area contributed by atoms with E-state index in [0.717, 1.165) is 28.5 Å². The molecule has 0 unspecified atom stereocenters. The van der Waals surface area contributed by atoms with Crippen molar-refractivity contribution < 1.29 is 9.59 Å². The summed E-state index contributed by atoms with van der Waals surface area (Å²) in [4.78, 5) is 36.0. The molecule has 0 saturated heterocycles. The SMILES string of the molecule is Nc1nc(N)c2ccc(CNC(=O)c3ccc4[nH]c5c(c4c3)CCNC5=O)cc2n1. The highest BCUT2D eigenvalue weighted by atomic mass is 16.2. The maximum Gasteiger partial charge on any atom is 0.268 e. The summed E-state index contributed by atoms with van der Waals surface area (Å²) < 4.78 is 0. The number of nitrogens with two attached hydrogens (primary N) is 2. The van der Waals surface area contributed by atoms with Crippen molar-refractivity contribution in [2.75, 3.05) is 18.0 Å². The van der Waals surface area contributed by atoms with Crippen LogP contribution in [0, 0.1) is 0 Å². The van der Waals surface area contributed by atoms with E-state index < -0.39 is 0 Å². The van der Waals surface area contributed by atoms with Gasteiger partial charge in [-0.15, -0.1) is 0 Å². The van der Waals surface area contributed by atoms with Crippen molar-refractivity contribution in [2.45, 2.75) is 13.0 Å². The van der Waals surface area contributed by atoms with E-state index >= 15 is 0 Å². The Hall–Kier alpha value is -4.14. The van der Waals surface area contributed by atoms with Crippen molar-refractivity contribution in [3.05, 3.63) is 58.8 Å². The zero-order valence-electron chi connectivity index (χ0n) is 16.0. The Morgan fingerprint density at radius 2 is 1.97 bits per heavy atom. The first-order valence-corrected chi connectivity index (χ1v) is 9.52. The molecule has 7 N–H and O–H groups in total. The Labute approximate surface area is 170 Å². The first-order valence-electron chi connectivity index (χ1n) is 9.52. The van der Waals surface area contributed by atoms with Crippen LogP contribution in [0.4, 0.5) is 11.8 Å². The summed E-state index contributed by atoms with van der Waals surface area (Å²) in [5.41, 5.74) is 15.9. The van der Waals surface area contributed by atoms with Crippen molar-refractivity contribution in [3.63, 3.8) is 0 Å². The van der Waals surface area contributed by atoms with Crippen molar-refractivity contribution >= 4 is 45.4 Å². The van der Waals surface area contributed by atoms with Gasteiger partial charge < -0.3 is 27.1 Å². The smallest absolute Gasteiger partial charge is 0.268 e. The molecule has 9 heteroatoms. The lowest BCUT2D eigenvalue weighted by molar-refractivity contribution is 0.0937. The van der Waals surface area contributed by atoms with Crippen LogP contribution in [0.15, 0.2) is 36.4 Å². The second-order valence-electron chi connectivity index (χ2n) is 7.25. The van der Waals surface area contributed by atoms with E-state index in [1.54, 1.807) is 6.07 Å². The molecule has 9 nitrogen and oxygen atoms in total. The lowest BCUT2D eigenvalue weighted by Gasteiger charge is -2.12. The molecule has 0 saturated carbocycles. The maximum absolute atomic E-state index is 12.7. The van der Waals surface area contributed by atoms with E-state index in [1.807, 2.05) is 30.3 Å². The van der Waals surface area contributed by atoms with Gasteiger partial charge in [0, 0.05) is 34.9 Å². The number of aromatic nitrogens is 3. The Morgan fingerprint density at radius 3 is 2.83 bits per heavy atom. The number of nitrogens with zero attached hydrogens (tertiary/aromatic N) is 2. The highest BCUT2D eigenvalue weighted by molar-refractivity contribution is 6.04. The summed E-state index contributed by atoms with van der Waals surface area (Å²) in [6, 6.07) is 10.9. The lowest BCUT2D eigenvalue weighted by Crippen LogP contribution is -2.31. The molecular formula is C21H19N7O2. The second kappa shape index (κ2) is 6.73. The Kier molecular flexibility index (Phi) is 4.02. The number of amides is 2. The number of hydrogen-bond donors (Lipinski definition) is 5. The third-order valence-corrected chi connectivity index (χ3v) is 5.32. The molecule has 0 spiro atoms. The second-order valence-corrected chi connectivity index (χ2v) is 7.25. The summed E-state index contributed by atoms with van der Waals surface area (Å²) >= 11 is 0. The largest absolute Gasteiger partial charge is 0.383 e. The summed E-state index contributed by atoms with van der Waals surface area (Å²) in [6.07, 6.45) is 0.733. The molecular weight excluding hydrogens is 382 g/mol. The highest BCUT2D eigenvalue weighted by Gasteiger charge is 2.22. The van der Waals surface area contributed by atoms with Gasteiger partial charge in [-0.05, 0) is 47.9 Å².